The Morgan fingerprint density at radius 2 is 1.95 bits per heavy atom. The largest absolute Gasteiger partial charge is 0.388 e. The van der Waals surface area contributed by atoms with Crippen LogP contribution in [-0.2, 0) is 4.79 Å². The molecule has 2 atom stereocenters. The lowest BCUT2D eigenvalue weighted by molar-refractivity contribution is -0.130. The number of carbonyl (C=O) groups excluding carboxylic acids is 1. The van der Waals surface area contributed by atoms with E-state index in [0.717, 1.165) is 24.8 Å². The lowest BCUT2D eigenvalue weighted by Gasteiger charge is -2.31. The van der Waals surface area contributed by atoms with Gasteiger partial charge in [0.1, 0.15) is 5.41 Å². The fraction of sp³-hybridized carbons (Fsp3) is 0.556. The molecule has 0 bridgehead atoms. The van der Waals surface area contributed by atoms with Crippen molar-refractivity contribution in [3.8, 4) is 6.07 Å². The smallest absolute Gasteiger partial charge is 0.240 e. The van der Waals surface area contributed by atoms with E-state index in [4.69, 9.17) is 0 Å². The fourth-order valence-corrected chi connectivity index (χ4v) is 3.11. The minimum atomic E-state index is -0.871. The summed E-state index contributed by atoms with van der Waals surface area (Å²) < 4.78 is 0. The Morgan fingerprint density at radius 1 is 1.32 bits per heavy atom. The highest BCUT2D eigenvalue weighted by molar-refractivity contribution is 5.85. The molecule has 0 aromatic heterocycles. The molecular weight excluding hydrogens is 276 g/mol. The number of hydrogen-bond donors (Lipinski definition) is 2. The van der Waals surface area contributed by atoms with Crippen molar-refractivity contribution in [1.29, 1.82) is 5.26 Å². The van der Waals surface area contributed by atoms with Gasteiger partial charge in [0.15, 0.2) is 0 Å². The predicted molar refractivity (Wildman–Crippen MR) is 84.8 cm³/mol. The molecule has 0 aliphatic heterocycles. The van der Waals surface area contributed by atoms with Gasteiger partial charge >= 0.3 is 0 Å². The van der Waals surface area contributed by atoms with Crippen LogP contribution in [0.1, 0.15) is 57.1 Å². The highest BCUT2D eigenvalue weighted by Crippen LogP contribution is 2.36. The number of hydrogen-bond acceptors (Lipinski definition) is 3. The molecule has 1 aliphatic carbocycles. The number of nitrogens with zero attached hydrogens (tertiary/aromatic N) is 1. The van der Waals surface area contributed by atoms with Crippen LogP contribution in [0.3, 0.4) is 0 Å². The van der Waals surface area contributed by atoms with Crippen molar-refractivity contribution in [2.24, 2.45) is 5.41 Å². The molecule has 2 N–H and O–H groups in total. The standard InChI is InChI=1S/C18H24N2O2/c1-14(12-16(21)15-8-4-2-5-9-15)20-17(22)18(13-19)10-6-3-7-11-18/h2,4-5,8-9,14,16,21H,3,6-7,10-12H2,1H3,(H,20,22). The zero-order valence-corrected chi connectivity index (χ0v) is 13.1. The van der Waals surface area contributed by atoms with Gasteiger partial charge in [0.05, 0.1) is 12.2 Å². The molecular formula is C18H24N2O2. The highest BCUT2D eigenvalue weighted by atomic mass is 16.3. The maximum Gasteiger partial charge on any atom is 0.240 e. The molecule has 0 saturated heterocycles. The van der Waals surface area contributed by atoms with Crippen LogP contribution in [0.25, 0.3) is 0 Å². The van der Waals surface area contributed by atoms with Crippen molar-refractivity contribution in [2.75, 3.05) is 0 Å². The van der Waals surface area contributed by atoms with Gasteiger partial charge in [-0.3, -0.25) is 4.79 Å². The molecule has 1 fully saturated rings. The summed E-state index contributed by atoms with van der Waals surface area (Å²) in [6.07, 6.45) is 4.08. The van der Waals surface area contributed by atoms with E-state index < -0.39 is 11.5 Å². The van der Waals surface area contributed by atoms with Gasteiger partial charge in [-0.25, -0.2) is 0 Å². The zero-order valence-electron chi connectivity index (χ0n) is 13.1. The molecule has 4 nitrogen and oxygen atoms in total. The van der Waals surface area contributed by atoms with E-state index in [0.29, 0.717) is 19.3 Å². The van der Waals surface area contributed by atoms with Crippen LogP contribution in [0, 0.1) is 16.7 Å². The number of carbonyl (C=O) groups is 1. The lowest BCUT2D eigenvalue weighted by Crippen LogP contribution is -2.45. The minimum Gasteiger partial charge on any atom is -0.388 e. The summed E-state index contributed by atoms with van der Waals surface area (Å²) >= 11 is 0. The first-order chi connectivity index (χ1) is 10.6. The summed E-state index contributed by atoms with van der Waals surface area (Å²) in [5.74, 6) is -0.178. The number of benzene rings is 1. The van der Waals surface area contributed by atoms with Gasteiger partial charge in [-0.1, -0.05) is 49.6 Å². The van der Waals surface area contributed by atoms with Crippen LogP contribution in [0.5, 0.6) is 0 Å². The Bertz CT molecular complexity index is 530. The first-order valence-electron chi connectivity index (χ1n) is 8.02. The van der Waals surface area contributed by atoms with Gasteiger partial charge in [-0.2, -0.15) is 5.26 Å². The summed E-state index contributed by atoms with van der Waals surface area (Å²) in [6.45, 7) is 1.87. The van der Waals surface area contributed by atoms with Crippen LogP contribution < -0.4 is 5.32 Å². The lowest BCUT2D eigenvalue weighted by atomic mass is 9.74. The molecule has 0 spiro atoms. The van der Waals surface area contributed by atoms with Crippen molar-refractivity contribution >= 4 is 5.91 Å². The SMILES string of the molecule is CC(CC(O)c1ccccc1)NC(=O)C1(C#N)CCCCC1. The molecule has 1 aliphatic rings. The molecule has 1 saturated carbocycles. The van der Waals surface area contributed by atoms with Crippen molar-refractivity contribution in [2.45, 2.75) is 57.6 Å². The van der Waals surface area contributed by atoms with Crippen LogP contribution >= 0.6 is 0 Å². The second kappa shape index (κ2) is 7.42. The Labute approximate surface area is 132 Å². The van der Waals surface area contributed by atoms with Crippen LogP contribution in [0.15, 0.2) is 30.3 Å². The van der Waals surface area contributed by atoms with Gasteiger partial charge < -0.3 is 10.4 Å². The zero-order chi connectivity index (χ0) is 16.0. The molecule has 2 unspecified atom stereocenters. The number of aliphatic hydroxyl groups is 1. The van der Waals surface area contributed by atoms with E-state index in [9.17, 15) is 15.2 Å². The Kier molecular flexibility index (Phi) is 5.57. The maximum atomic E-state index is 12.5. The van der Waals surface area contributed by atoms with E-state index in [1.54, 1.807) is 0 Å². The van der Waals surface area contributed by atoms with Crippen molar-refractivity contribution in [3.05, 3.63) is 35.9 Å². The topological polar surface area (TPSA) is 73.1 Å². The normalized spacial score (nSPS) is 19.7. The quantitative estimate of drug-likeness (QED) is 0.877. The fourth-order valence-electron chi connectivity index (χ4n) is 3.11. The minimum absolute atomic E-state index is 0.171. The molecule has 4 heteroatoms. The monoisotopic (exact) mass is 300 g/mol. The second-order valence-electron chi connectivity index (χ2n) is 6.29. The average Bonchev–Trinajstić information content (AvgIpc) is 2.56. The summed E-state index contributed by atoms with van der Waals surface area (Å²) in [7, 11) is 0. The van der Waals surface area contributed by atoms with Gasteiger partial charge in [-0.05, 0) is 31.7 Å². The Morgan fingerprint density at radius 3 is 2.55 bits per heavy atom. The average molecular weight is 300 g/mol. The molecule has 1 aromatic carbocycles. The number of amides is 1. The Balaban J connectivity index is 1.92. The number of aliphatic hydroxyl groups excluding tert-OH is 1. The van der Waals surface area contributed by atoms with Gasteiger partial charge in [-0.15, -0.1) is 0 Å². The number of nitrogens with one attached hydrogen (secondary N) is 1. The van der Waals surface area contributed by atoms with E-state index in [2.05, 4.69) is 11.4 Å². The van der Waals surface area contributed by atoms with Crippen LogP contribution in [0.2, 0.25) is 0 Å². The first kappa shape index (κ1) is 16.5. The summed E-state index contributed by atoms with van der Waals surface area (Å²) in [4.78, 5) is 12.5. The van der Waals surface area contributed by atoms with Gasteiger partial charge in [0.25, 0.3) is 0 Å². The Hall–Kier alpha value is -1.86. The van der Waals surface area contributed by atoms with Crippen molar-refractivity contribution < 1.29 is 9.90 Å². The van der Waals surface area contributed by atoms with Crippen molar-refractivity contribution in [1.82, 2.24) is 5.32 Å². The molecule has 22 heavy (non-hydrogen) atoms. The molecule has 118 valence electrons. The summed E-state index contributed by atoms with van der Waals surface area (Å²) in [5, 5.41) is 22.6. The van der Waals surface area contributed by atoms with Gasteiger partial charge in [0, 0.05) is 6.04 Å². The molecule has 0 heterocycles. The molecule has 1 amide bonds. The molecule has 2 rings (SSSR count). The van der Waals surface area contributed by atoms with Crippen LogP contribution in [-0.4, -0.2) is 17.1 Å². The molecule has 0 radical (unpaired) electrons. The second-order valence-corrected chi connectivity index (χ2v) is 6.29. The van der Waals surface area contributed by atoms with E-state index in [1.165, 1.54) is 0 Å². The third-order valence-electron chi connectivity index (χ3n) is 4.49. The van der Waals surface area contributed by atoms with E-state index >= 15 is 0 Å². The van der Waals surface area contributed by atoms with Gasteiger partial charge in [0.2, 0.25) is 5.91 Å². The third kappa shape index (κ3) is 3.86. The highest BCUT2D eigenvalue weighted by Gasteiger charge is 2.40. The van der Waals surface area contributed by atoms with E-state index in [1.807, 2.05) is 37.3 Å². The first-order valence-corrected chi connectivity index (χ1v) is 8.02. The predicted octanol–water partition coefficient (Wildman–Crippen LogP) is 3.09. The van der Waals surface area contributed by atoms with Crippen LogP contribution in [0.4, 0.5) is 0 Å². The van der Waals surface area contributed by atoms with Crippen molar-refractivity contribution in [3.63, 3.8) is 0 Å². The number of nitriles is 1. The molecule has 1 aromatic rings. The number of rotatable bonds is 5. The maximum absolute atomic E-state index is 12.5. The third-order valence-corrected chi connectivity index (χ3v) is 4.49. The van der Waals surface area contributed by atoms with E-state index in [-0.39, 0.29) is 11.9 Å². The summed E-state index contributed by atoms with van der Waals surface area (Å²) in [5.41, 5.74) is -0.0271. The summed E-state index contributed by atoms with van der Waals surface area (Å²) in [6, 6.07) is 11.5.